The van der Waals surface area contributed by atoms with Crippen LogP contribution in [0.5, 0.6) is 0 Å². The Labute approximate surface area is 211 Å². The van der Waals surface area contributed by atoms with E-state index >= 15 is 0 Å². The van der Waals surface area contributed by atoms with Gasteiger partial charge in [0, 0.05) is 10.6 Å². The van der Waals surface area contributed by atoms with Crippen LogP contribution in [0.1, 0.15) is 34.1 Å². The number of hydrazine groups is 1. The van der Waals surface area contributed by atoms with Crippen LogP contribution >= 0.6 is 11.6 Å². The molecule has 1 saturated carbocycles. The molecule has 5 rings (SSSR count). The number of amides is 4. The molecule has 2 aromatic carbocycles. The molecule has 2 fully saturated rings. The number of anilines is 1. The van der Waals surface area contributed by atoms with Crippen LogP contribution in [0.2, 0.25) is 5.02 Å². The Kier molecular flexibility index (Phi) is 6.09. The lowest BCUT2D eigenvalue weighted by Crippen LogP contribution is -2.43. The first-order chi connectivity index (χ1) is 17.2. The third-order valence-corrected chi connectivity index (χ3v) is 7.25. The maximum Gasteiger partial charge on any atom is 0.338 e. The van der Waals surface area contributed by atoms with E-state index in [0.717, 1.165) is 6.42 Å². The lowest BCUT2D eigenvalue weighted by molar-refractivity contribution is -0.125. The highest BCUT2D eigenvalue weighted by Gasteiger charge is 2.60. The van der Waals surface area contributed by atoms with Crippen LogP contribution < -0.4 is 15.8 Å². The summed E-state index contributed by atoms with van der Waals surface area (Å²) in [6.45, 7) is 1.39. The molecule has 184 valence electrons. The van der Waals surface area contributed by atoms with Gasteiger partial charge >= 0.3 is 5.97 Å². The van der Waals surface area contributed by atoms with Crippen molar-refractivity contribution < 1.29 is 28.7 Å². The van der Waals surface area contributed by atoms with Crippen LogP contribution in [-0.4, -0.2) is 36.2 Å². The molecule has 4 atom stereocenters. The van der Waals surface area contributed by atoms with Gasteiger partial charge in [-0.3, -0.25) is 34.9 Å². The van der Waals surface area contributed by atoms with Gasteiger partial charge in [0.25, 0.3) is 11.8 Å². The fourth-order valence-corrected chi connectivity index (χ4v) is 5.45. The van der Waals surface area contributed by atoms with Gasteiger partial charge in [0.1, 0.15) is 0 Å². The Morgan fingerprint density at radius 3 is 2.28 bits per heavy atom. The number of nitrogens with one attached hydrogen (secondary N) is 2. The molecule has 2 aliphatic carbocycles. The lowest BCUT2D eigenvalue weighted by atomic mass is 9.82. The second kappa shape index (κ2) is 9.23. The Morgan fingerprint density at radius 2 is 1.58 bits per heavy atom. The van der Waals surface area contributed by atoms with Crippen LogP contribution in [0, 0.1) is 23.7 Å². The zero-order valence-electron chi connectivity index (χ0n) is 19.2. The molecule has 3 aliphatic rings. The Morgan fingerprint density at radius 1 is 0.944 bits per heavy atom. The van der Waals surface area contributed by atoms with Gasteiger partial charge in [-0.05, 0) is 73.7 Å². The number of carbonyl (C=O) groups excluding carboxylic acids is 5. The Bertz CT molecular complexity index is 1300. The van der Waals surface area contributed by atoms with Crippen molar-refractivity contribution in [2.45, 2.75) is 13.3 Å². The average Bonchev–Trinajstić information content (AvgIpc) is 3.51. The number of benzene rings is 2. The molecule has 4 amide bonds. The third-order valence-electron chi connectivity index (χ3n) is 7.00. The monoisotopic (exact) mass is 507 g/mol. The fraction of sp³-hybridized carbons (Fsp3) is 0.269. The van der Waals surface area contributed by atoms with E-state index in [1.807, 2.05) is 6.92 Å². The van der Waals surface area contributed by atoms with Crippen LogP contribution in [0.25, 0.3) is 0 Å². The second-order valence-corrected chi connectivity index (χ2v) is 9.55. The molecular formula is C26H22ClN3O6. The van der Waals surface area contributed by atoms with Crippen molar-refractivity contribution in [2.75, 3.05) is 11.5 Å². The van der Waals surface area contributed by atoms with Crippen molar-refractivity contribution in [3.05, 3.63) is 76.3 Å². The summed E-state index contributed by atoms with van der Waals surface area (Å²) in [6, 6.07) is 12.0. The minimum atomic E-state index is -0.769. The highest BCUT2D eigenvalue weighted by molar-refractivity contribution is 6.30. The summed E-state index contributed by atoms with van der Waals surface area (Å²) in [5, 5.41) is 0.469. The van der Waals surface area contributed by atoms with E-state index in [0.29, 0.717) is 10.7 Å². The van der Waals surface area contributed by atoms with Gasteiger partial charge in [0.05, 0.1) is 23.1 Å². The summed E-state index contributed by atoms with van der Waals surface area (Å²) in [5.41, 5.74) is 6.38. The number of ether oxygens (including phenoxy) is 1. The van der Waals surface area contributed by atoms with E-state index in [4.69, 9.17) is 16.3 Å². The van der Waals surface area contributed by atoms with E-state index in [-0.39, 0.29) is 46.6 Å². The zero-order valence-corrected chi connectivity index (χ0v) is 20.0. The van der Waals surface area contributed by atoms with Gasteiger partial charge in [0.2, 0.25) is 11.8 Å². The van der Waals surface area contributed by atoms with E-state index in [1.54, 1.807) is 0 Å². The first-order valence-electron chi connectivity index (χ1n) is 11.4. The number of halogens is 1. The van der Waals surface area contributed by atoms with Crippen molar-refractivity contribution in [1.29, 1.82) is 0 Å². The van der Waals surface area contributed by atoms with E-state index in [2.05, 4.69) is 16.9 Å². The molecule has 9 nitrogen and oxygen atoms in total. The Balaban J connectivity index is 1.14. The zero-order chi connectivity index (χ0) is 25.6. The number of carbonyl (C=O) groups is 5. The molecule has 1 saturated heterocycles. The molecule has 0 radical (unpaired) electrons. The molecule has 1 aliphatic heterocycles. The van der Waals surface area contributed by atoms with Gasteiger partial charge in [-0.25, -0.2) is 4.79 Å². The summed E-state index contributed by atoms with van der Waals surface area (Å²) in [5.74, 6) is -2.85. The van der Waals surface area contributed by atoms with Crippen LogP contribution in [0.3, 0.4) is 0 Å². The number of rotatable bonds is 5. The summed E-state index contributed by atoms with van der Waals surface area (Å²) in [7, 11) is 0. The van der Waals surface area contributed by atoms with Crippen molar-refractivity contribution in [1.82, 2.24) is 10.9 Å². The molecule has 36 heavy (non-hydrogen) atoms. The number of nitrogens with zero attached hydrogens (tertiary/aromatic N) is 1. The fourth-order valence-electron chi connectivity index (χ4n) is 5.33. The van der Waals surface area contributed by atoms with Crippen molar-refractivity contribution >= 4 is 46.9 Å². The molecular weight excluding hydrogens is 486 g/mol. The largest absolute Gasteiger partial charge is 0.452 e. The number of hydrogen-bond donors (Lipinski definition) is 2. The number of allylic oxidation sites excluding steroid dienone is 2. The first-order valence-corrected chi connectivity index (χ1v) is 11.8. The Hall–Kier alpha value is -3.98. The number of imide groups is 1. The van der Waals surface area contributed by atoms with Gasteiger partial charge in [-0.1, -0.05) is 23.3 Å². The normalized spacial score (nSPS) is 23.8. The van der Waals surface area contributed by atoms with E-state index < -0.39 is 24.4 Å². The predicted octanol–water partition coefficient (Wildman–Crippen LogP) is 2.66. The molecule has 10 heteroatoms. The number of esters is 1. The molecule has 1 heterocycles. The summed E-state index contributed by atoms with van der Waals surface area (Å²) in [6.07, 6.45) is 2.97. The molecule has 0 spiro atoms. The van der Waals surface area contributed by atoms with Crippen molar-refractivity contribution in [2.24, 2.45) is 23.7 Å². The third kappa shape index (κ3) is 4.15. The van der Waals surface area contributed by atoms with Crippen molar-refractivity contribution in [3.63, 3.8) is 0 Å². The highest BCUT2D eigenvalue weighted by atomic mass is 35.5. The van der Waals surface area contributed by atoms with Crippen LogP contribution in [-0.2, 0) is 19.1 Å². The predicted molar refractivity (Wildman–Crippen MR) is 129 cm³/mol. The molecule has 0 aromatic heterocycles. The second-order valence-electron chi connectivity index (χ2n) is 9.11. The van der Waals surface area contributed by atoms with Crippen LogP contribution in [0.4, 0.5) is 5.69 Å². The number of hydrogen-bond acceptors (Lipinski definition) is 6. The van der Waals surface area contributed by atoms with E-state index in [1.165, 1.54) is 59.0 Å². The molecule has 2 aromatic rings. The maximum atomic E-state index is 13.1. The van der Waals surface area contributed by atoms with Gasteiger partial charge in [-0.2, -0.15) is 0 Å². The standard InChI is InChI=1S/C26H22ClN3O6/c1-13-10-16-11-19(13)22-21(16)24(33)30(25(22)34)18-8-4-15(5-9-18)26(35)36-12-20(31)28-29-23(32)14-2-6-17(27)7-3-14/h2-10,16,19,21-22H,11-12H2,1H3,(H,28,31)(H,29,32)/t16-,19+,21+,22-/m0/s1. The SMILES string of the molecule is CC1=C[C@H]2C[C@H]1[C@@H]1C(=O)N(c3ccc(C(=O)OCC(=O)NNC(=O)c4ccc(Cl)cc4)cc3)C(=O)[C@@H]12. The quantitative estimate of drug-likeness (QED) is 0.278. The molecule has 2 N–H and O–H groups in total. The first kappa shape index (κ1) is 23.7. The highest BCUT2D eigenvalue weighted by Crippen LogP contribution is 2.55. The maximum absolute atomic E-state index is 13.1. The summed E-state index contributed by atoms with van der Waals surface area (Å²) >= 11 is 5.77. The van der Waals surface area contributed by atoms with Gasteiger partial charge in [-0.15, -0.1) is 0 Å². The number of fused-ring (bicyclic) bond motifs is 5. The summed E-state index contributed by atoms with van der Waals surface area (Å²) < 4.78 is 4.99. The minimum Gasteiger partial charge on any atom is -0.452 e. The lowest BCUT2D eigenvalue weighted by Gasteiger charge is -2.19. The van der Waals surface area contributed by atoms with Gasteiger partial charge in [0.15, 0.2) is 6.61 Å². The minimum absolute atomic E-state index is 0.109. The topological polar surface area (TPSA) is 122 Å². The van der Waals surface area contributed by atoms with E-state index in [9.17, 15) is 24.0 Å². The molecule has 0 unspecified atom stereocenters. The van der Waals surface area contributed by atoms with Crippen molar-refractivity contribution in [3.8, 4) is 0 Å². The summed E-state index contributed by atoms with van der Waals surface area (Å²) in [4.78, 5) is 63.5. The van der Waals surface area contributed by atoms with Gasteiger partial charge < -0.3 is 4.74 Å². The smallest absolute Gasteiger partial charge is 0.338 e. The molecule has 2 bridgehead atoms. The average molecular weight is 508 g/mol. The van der Waals surface area contributed by atoms with Crippen LogP contribution in [0.15, 0.2) is 60.2 Å².